The second-order valence-corrected chi connectivity index (χ2v) is 14.4. The Bertz CT molecular complexity index is 2770. The first-order valence-corrected chi connectivity index (χ1v) is 18.0. The molecule has 3 aliphatic rings. The quantitative estimate of drug-likeness (QED) is 0.175. The third-order valence-corrected chi connectivity index (χ3v) is 11.3. The van der Waals surface area contributed by atoms with Gasteiger partial charge < -0.3 is 4.74 Å². The van der Waals surface area contributed by atoms with E-state index in [1.165, 1.54) is 32.7 Å². The number of aromatic nitrogens is 2. The zero-order valence-electron chi connectivity index (χ0n) is 28.6. The summed E-state index contributed by atoms with van der Waals surface area (Å²) in [6.45, 7) is 2.33. The molecule has 0 bridgehead atoms. The number of ether oxygens (including phenoxy) is 1. The van der Waals surface area contributed by atoms with Gasteiger partial charge in [0.05, 0.1) is 16.9 Å². The molecule has 4 nitrogen and oxygen atoms in total. The zero-order valence-corrected chi connectivity index (χ0v) is 28.6. The van der Waals surface area contributed by atoms with Crippen LogP contribution in [0.4, 0.5) is 11.6 Å². The molecule has 1 aromatic heterocycles. The lowest BCUT2D eigenvalue weighted by molar-refractivity contribution is 0.147. The van der Waals surface area contributed by atoms with Crippen molar-refractivity contribution in [2.75, 3.05) is 4.90 Å². The van der Waals surface area contributed by atoms with Gasteiger partial charge in [0, 0.05) is 27.5 Å². The highest BCUT2D eigenvalue weighted by Crippen LogP contribution is 2.59. The van der Waals surface area contributed by atoms with E-state index in [4.69, 9.17) is 14.7 Å². The van der Waals surface area contributed by atoms with Gasteiger partial charge >= 0.3 is 0 Å². The van der Waals surface area contributed by atoms with Crippen molar-refractivity contribution in [1.29, 1.82) is 0 Å². The van der Waals surface area contributed by atoms with Gasteiger partial charge in [0.2, 0.25) is 11.7 Å². The molecule has 8 aromatic rings. The number of para-hydroxylation sites is 3. The number of nitrogens with zero attached hydrogens (tertiary/aromatic N) is 3. The average Bonchev–Trinajstić information content (AvgIpc) is 3.70. The molecule has 11 rings (SSSR count). The molecule has 246 valence electrons. The molecule has 52 heavy (non-hydrogen) atoms. The minimum Gasteiger partial charge on any atom is -0.457 e. The van der Waals surface area contributed by atoms with Crippen LogP contribution in [0.3, 0.4) is 0 Å². The van der Waals surface area contributed by atoms with E-state index >= 15 is 0 Å². The monoisotopic (exact) mass is 667 g/mol. The first-order chi connectivity index (χ1) is 25.6. The minimum atomic E-state index is -0.990. The van der Waals surface area contributed by atoms with Crippen molar-refractivity contribution in [3.63, 3.8) is 0 Å². The van der Waals surface area contributed by atoms with E-state index in [9.17, 15) is 0 Å². The second-order valence-electron chi connectivity index (χ2n) is 14.4. The average molecular weight is 668 g/mol. The fourth-order valence-electron chi connectivity index (χ4n) is 8.78. The maximum absolute atomic E-state index is 7.26. The summed E-state index contributed by atoms with van der Waals surface area (Å²) < 4.78 is 7.26. The Hall–Kier alpha value is -6.52. The molecule has 7 aromatic carbocycles. The first kappa shape index (κ1) is 29.2. The summed E-state index contributed by atoms with van der Waals surface area (Å²) in [6, 6.07) is 51.9. The van der Waals surface area contributed by atoms with Gasteiger partial charge in [0.1, 0.15) is 5.75 Å². The Morgan fingerprint density at radius 2 is 1.33 bits per heavy atom. The molecule has 0 N–H and O–H groups in total. The van der Waals surface area contributed by atoms with Gasteiger partial charge in [0.25, 0.3) is 0 Å². The standard InChI is InChI=1S/C48H33N3O/c1-47(26-10-3-11-27-47)36-29-34(31-14-4-2-5-15-31)28-35(30-36)45-37-18-6-7-21-40(37)49-46(50-45)51-41-22-8-9-23-42(41)52-48(51)38-19-12-16-32-24-25-33-17-13-20-39(48)44(33)43(32)38/h2-26,28-30H,27H2,1H3. The lowest BCUT2D eigenvalue weighted by Gasteiger charge is -2.36. The van der Waals surface area contributed by atoms with E-state index in [-0.39, 0.29) is 5.41 Å². The summed E-state index contributed by atoms with van der Waals surface area (Å²) in [5, 5.41) is 5.83. The zero-order chi connectivity index (χ0) is 34.4. The van der Waals surface area contributed by atoms with Crippen LogP contribution in [-0.2, 0) is 11.1 Å². The van der Waals surface area contributed by atoms with Crippen LogP contribution in [-0.4, -0.2) is 9.97 Å². The largest absolute Gasteiger partial charge is 0.457 e. The number of fused-ring (bicyclic) bond motifs is 4. The molecule has 0 fully saturated rings. The summed E-state index contributed by atoms with van der Waals surface area (Å²) in [4.78, 5) is 13.2. The van der Waals surface area contributed by atoms with Crippen molar-refractivity contribution in [2.45, 2.75) is 24.5 Å². The smallest absolute Gasteiger partial charge is 0.243 e. The van der Waals surface area contributed by atoms with Crippen molar-refractivity contribution >= 4 is 44.1 Å². The van der Waals surface area contributed by atoms with E-state index in [0.29, 0.717) is 5.95 Å². The number of hydrogen-bond donors (Lipinski definition) is 0. The van der Waals surface area contributed by atoms with E-state index in [2.05, 4.69) is 176 Å². The van der Waals surface area contributed by atoms with E-state index in [1.54, 1.807) is 0 Å². The van der Waals surface area contributed by atoms with Gasteiger partial charge in [-0.05, 0) is 75.0 Å². The van der Waals surface area contributed by atoms with E-state index in [0.717, 1.165) is 56.7 Å². The molecule has 1 atom stereocenters. The number of benzene rings is 7. The molecule has 1 unspecified atom stereocenters. The van der Waals surface area contributed by atoms with Gasteiger partial charge in [0.15, 0.2) is 0 Å². The Labute approximate surface area is 302 Å². The van der Waals surface area contributed by atoms with Crippen molar-refractivity contribution in [2.24, 2.45) is 0 Å². The second kappa shape index (κ2) is 10.7. The van der Waals surface area contributed by atoms with Gasteiger partial charge in [-0.25, -0.2) is 9.97 Å². The Morgan fingerprint density at radius 1 is 0.615 bits per heavy atom. The minimum absolute atomic E-state index is 0.154. The van der Waals surface area contributed by atoms with Crippen molar-refractivity contribution in [3.8, 4) is 28.1 Å². The fraction of sp³-hybridized carbons (Fsp3) is 0.0833. The molecule has 2 heterocycles. The number of hydrogen-bond acceptors (Lipinski definition) is 4. The van der Waals surface area contributed by atoms with Crippen molar-refractivity contribution in [1.82, 2.24) is 9.97 Å². The van der Waals surface area contributed by atoms with Gasteiger partial charge in [-0.1, -0.05) is 146 Å². The lowest BCUT2D eigenvalue weighted by Crippen LogP contribution is -2.44. The maximum atomic E-state index is 7.26. The molecular weight excluding hydrogens is 635 g/mol. The molecule has 4 heteroatoms. The predicted octanol–water partition coefficient (Wildman–Crippen LogP) is 11.8. The van der Waals surface area contributed by atoms with Crippen LogP contribution in [0.5, 0.6) is 5.75 Å². The van der Waals surface area contributed by atoms with Crippen molar-refractivity contribution < 1.29 is 4.74 Å². The third-order valence-electron chi connectivity index (χ3n) is 11.3. The highest BCUT2D eigenvalue weighted by Gasteiger charge is 2.55. The summed E-state index contributed by atoms with van der Waals surface area (Å²) >= 11 is 0. The molecule has 0 saturated heterocycles. The van der Waals surface area contributed by atoms with Crippen LogP contribution < -0.4 is 9.64 Å². The van der Waals surface area contributed by atoms with E-state index < -0.39 is 5.72 Å². The first-order valence-electron chi connectivity index (χ1n) is 18.0. The SMILES string of the molecule is CC1(c2cc(-c3ccccc3)cc(-c3nc(N4c5ccccc5OC45c4cccc6ccc7cccc5c7c46)nc4ccccc34)c2)C=CC=CC1. The molecule has 2 aliphatic carbocycles. The molecule has 0 amide bonds. The molecular formula is C48H33N3O. The molecule has 1 aliphatic heterocycles. The summed E-state index contributed by atoms with van der Waals surface area (Å²) in [5.41, 5.74) is 8.43. The number of allylic oxidation sites excluding steroid dienone is 4. The van der Waals surface area contributed by atoms with Crippen LogP contribution in [0.2, 0.25) is 0 Å². The normalized spacial score (nSPS) is 17.8. The van der Waals surface area contributed by atoms with Crippen LogP contribution >= 0.6 is 0 Å². The maximum Gasteiger partial charge on any atom is 0.243 e. The summed E-state index contributed by atoms with van der Waals surface area (Å²) in [5.74, 6) is 1.40. The van der Waals surface area contributed by atoms with Crippen LogP contribution in [0, 0.1) is 0 Å². The highest BCUT2D eigenvalue weighted by molar-refractivity contribution is 6.15. The summed E-state index contributed by atoms with van der Waals surface area (Å²) in [6.07, 6.45) is 9.83. The topological polar surface area (TPSA) is 38.2 Å². The van der Waals surface area contributed by atoms with Crippen molar-refractivity contribution in [3.05, 3.63) is 187 Å². The van der Waals surface area contributed by atoms with E-state index in [1.807, 2.05) is 6.07 Å². The van der Waals surface area contributed by atoms with Crippen LogP contribution in [0.1, 0.15) is 30.0 Å². The predicted molar refractivity (Wildman–Crippen MR) is 212 cm³/mol. The molecule has 0 saturated carbocycles. The molecule has 0 radical (unpaired) electrons. The summed E-state index contributed by atoms with van der Waals surface area (Å²) in [7, 11) is 0. The van der Waals surface area contributed by atoms with Crippen LogP contribution in [0.25, 0.3) is 54.8 Å². The fourth-order valence-corrected chi connectivity index (χ4v) is 8.78. The Balaban J connectivity index is 1.20. The number of anilines is 2. The highest BCUT2D eigenvalue weighted by atomic mass is 16.5. The molecule has 1 spiro atoms. The van der Waals surface area contributed by atoms with Gasteiger partial charge in [-0.3, -0.25) is 4.90 Å². The Morgan fingerprint density at radius 3 is 2.10 bits per heavy atom. The van der Waals surface area contributed by atoms with Crippen LogP contribution in [0.15, 0.2) is 170 Å². The number of rotatable bonds is 4. The lowest BCUT2D eigenvalue weighted by atomic mass is 9.76. The Kier molecular flexibility index (Phi) is 6.04. The van der Waals surface area contributed by atoms with Gasteiger partial charge in [-0.15, -0.1) is 0 Å². The third kappa shape index (κ3) is 4.03. The van der Waals surface area contributed by atoms with Gasteiger partial charge in [-0.2, -0.15) is 0 Å².